The molecule has 0 aliphatic carbocycles. The van der Waals surface area contributed by atoms with Crippen LogP contribution in [0, 0.1) is 12.8 Å². The summed E-state index contributed by atoms with van der Waals surface area (Å²) in [6, 6.07) is 5.70. The maximum absolute atomic E-state index is 12.4. The number of anilines is 1. The second-order valence-corrected chi connectivity index (χ2v) is 5.70. The van der Waals surface area contributed by atoms with Gasteiger partial charge < -0.3 is 15.4 Å². The molecule has 1 aromatic rings. The van der Waals surface area contributed by atoms with Gasteiger partial charge in [0.1, 0.15) is 5.75 Å². The summed E-state index contributed by atoms with van der Waals surface area (Å²) >= 11 is 0. The fourth-order valence-electron chi connectivity index (χ4n) is 2.82. The summed E-state index contributed by atoms with van der Waals surface area (Å²) in [4.78, 5) is 12.4. The van der Waals surface area contributed by atoms with E-state index in [-0.39, 0.29) is 11.9 Å². The van der Waals surface area contributed by atoms with Crippen molar-refractivity contribution >= 4 is 11.6 Å². The van der Waals surface area contributed by atoms with Gasteiger partial charge in [-0.05, 0) is 62.9 Å². The summed E-state index contributed by atoms with van der Waals surface area (Å²) in [5.41, 5.74) is 1.89. The van der Waals surface area contributed by atoms with Crippen molar-refractivity contribution in [1.29, 1.82) is 0 Å². The molecule has 1 fully saturated rings. The number of aryl methyl sites for hydroxylation is 1. The second kappa shape index (κ2) is 7.46. The topological polar surface area (TPSA) is 50.4 Å². The molecule has 0 radical (unpaired) electrons. The standard InChI is InChI=1S/C17H26N2O2/c1-4-13-8-9-18-16(11-13)17(20)19-15-7-6-14(21-5-2)10-12(15)3/h6-7,10,13,16,18H,4-5,8-9,11H2,1-3H3,(H,19,20). The Hall–Kier alpha value is -1.55. The van der Waals surface area contributed by atoms with Gasteiger partial charge in [0.15, 0.2) is 0 Å². The van der Waals surface area contributed by atoms with Crippen molar-refractivity contribution in [2.24, 2.45) is 5.92 Å². The van der Waals surface area contributed by atoms with Crippen molar-refractivity contribution in [2.45, 2.75) is 46.1 Å². The minimum Gasteiger partial charge on any atom is -0.494 e. The van der Waals surface area contributed by atoms with Crippen LogP contribution < -0.4 is 15.4 Å². The molecule has 0 aromatic heterocycles. The van der Waals surface area contributed by atoms with Crippen LogP contribution in [0.5, 0.6) is 5.75 Å². The minimum atomic E-state index is -0.0744. The average molecular weight is 290 g/mol. The zero-order valence-corrected chi connectivity index (χ0v) is 13.2. The number of piperidine rings is 1. The van der Waals surface area contributed by atoms with Crippen LogP contribution in [0.3, 0.4) is 0 Å². The maximum atomic E-state index is 12.4. The van der Waals surface area contributed by atoms with E-state index in [1.165, 1.54) is 6.42 Å². The van der Waals surface area contributed by atoms with E-state index >= 15 is 0 Å². The van der Waals surface area contributed by atoms with Crippen LogP contribution >= 0.6 is 0 Å². The molecule has 1 aliphatic rings. The van der Waals surface area contributed by atoms with Crippen LogP contribution in [0.1, 0.15) is 38.7 Å². The highest BCUT2D eigenvalue weighted by Gasteiger charge is 2.26. The number of nitrogens with one attached hydrogen (secondary N) is 2. The predicted molar refractivity (Wildman–Crippen MR) is 85.8 cm³/mol. The number of amides is 1. The number of hydrogen-bond donors (Lipinski definition) is 2. The van der Waals surface area contributed by atoms with Gasteiger partial charge >= 0.3 is 0 Å². The van der Waals surface area contributed by atoms with Gasteiger partial charge in [0.05, 0.1) is 12.6 Å². The van der Waals surface area contributed by atoms with E-state index in [4.69, 9.17) is 4.74 Å². The third-order valence-electron chi connectivity index (χ3n) is 4.17. The molecule has 1 aromatic carbocycles. The molecule has 2 unspecified atom stereocenters. The van der Waals surface area contributed by atoms with Gasteiger partial charge in [-0.25, -0.2) is 0 Å². The van der Waals surface area contributed by atoms with E-state index in [0.29, 0.717) is 12.5 Å². The monoisotopic (exact) mass is 290 g/mol. The normalized spacial score (nSPS) is 21.9. The van der Waals surface area contributed by atoms with Crippen LogP contribution in [0.4, 0.5) is 5.69 Å². The lowest BCUT2D eigenvalue weighted by atomic mass is 9.90. The first-order valence-corrected chi connectivity index (χ1v) is 7.91. The van der Waals surface area contributed by atoms with Crippen LogP contribution in [0.15, 0.2) is 18.2 Å². The Kier molecular flexibility index (Phi) is 5.62. The highest BCUT2D eigenvalue weighted by atomic mass is 16.5. The minimum absolute atomic E-state index is 0.0698. The zero-order chi connectivity index (χ0) is 15.2. The van der Waals surface area contributed by atoms with Gasteiger partial charge in [-0.1, -0.05) is 13.3 Å². The molecule has 116 valence electrons. The van der Waals surface area contributed by atoms with E-state index in [9.17, 15) is 4.79 Å². The fraction of sp³-hybridized carbons (Fsp3) is 0.588. The van der Waals surface area contributed by atoms with Gasteiger partial charge in [-0.15, -0.1) is 0 Å². The lowest BCUT2D eigenvalue weighted by Crippen LogP contribution is -2.46. The summed E-state index contributed by atoms with van der Waals surface area (Å²) in [5.74, 6) is 1.57. The Morgan fingerprint density at radius 3 is 2.90 bits per heavy atom. The van der Waals surface area contributed by atoms with Crippen molar-refractivity contribution in [3.8, 4) is 5.75 Å². The molecule has 4 nitrogen and oxygen atoms in total. The van der Waals surface area contributed by atoms with Crippen molar-refractivity contribution < 1.29 is 9.53 Å². The van der Waals surface area contributed by atoms with Crippen LogP contribution in [-0.4, -0.2) is 25.1 Å². The maximum Gasteiger partial charge on any atom is 0.241 e. The van der Waals surface area contributed by atoms with Gasteiger partial charge in [-0.3, -0.25) is 4.79 Å². The first-order chi connectivity index (χ1) is 10.1. The zero-order valence-electron chi connectivity index (χ0n) is 13.2. The number of carbonyl (C=O) groups is 1. The fourth-order valence-corrected chi connectivity index (χ4v) is 2.82. The first-order valence-electron chi connectivity index (χ1n) is 7.91. The van der Waals surface area contributed by atoms with Crippen LogP contribution in [0.2, 0.25) is 0 Å². The Balaban J connectivity index is 1.99. The van der Waals surface area contributed by atoms with Gasteiger partial charge in [0, 0.05) is 5.69 Å². The summed E-state index contributed by atoms with van der Waals surface area (Å²) in [6.07, 6.45) is 3.24. The molecule has 2 atom stereocenters. The van der Waals surface area contributed by atoms with E-state index in [1.807, 2.05) is 32.0 Å². The van der Waals surface area contributed by atoms with Crippen LogP contribution in [-0.2, 0) is 4.79 Å². The van der Waals surface area contributed by atoms with E-state index in [0.717, 1.165) is 36.4 Å². The summed E-state index contributed by atoms with van der Waals surface area (Å²) in [7, 11) is 0. The molecule has 0 spiro atoms. The molecule has 4 heteroatoms. The Morgan fingerprint density at radius 2 is 2.24 bits per heavy atom. The molecule has 2 N–H and O–H groups in total. The first kappa shape index (κ1) is 15.8. The van der Waals surface area contributed by atoms with Gasteiger partial charge in [-0.2, -0.15) is 0 Å². The summed E-state index contributed by atoms with van der Waals surface area (Å²) in [6.45, 7) is 7.72. The van der Waals surface area contributed by atoms with Gasteiger partial charge in [0.2, 0.25) is 5.91 Å². The third-order valence-corrected chi connectivity index (χ3v) is 4.17. The molecule has 1 aliphatic heterocycles. The Morgan fingerprint density at radius 1 is 1.43 bits per heavy atom. The van der Waals surface area contributed by atoms with Crippen molar-refractivity contribution in [3.63, 3.8) is 0 Å². The van der Waals surface area contributed by atoms with Gasteiger partial charge in [0.25, 0.3) is 0 Å². The van der Waals surface area contributed by atoms with Crippen LogP contribution in [0.25, 0.3) is 0 Å². The molecule has 1 amide bonds. The number of ether oxygens (including phenoxy) is 1. The number of rotatable bonds is 5. The largest absolute Gasteiger partial charge is 0.494 e. The molecular weight excluding hydrogens is 264 g/mol. The lowest BCUT2D eigenvalue weighted by molar-refractivity contribution is -0.119. The molecule has 2 rings (SSSR count). The van der Waals surface area contributed by atoms with Crippen molar-refractivity contribution in [2.75, 3.05) is 18.5 Å². The number of benzene rings is 1. The van der Waals surface area contributed by atoms with E-state index in [2.05, 4.69) is 17.6 Å². The molecule has 0 bridgehead atoms. The predicted octanol–water partition coefficient (Wildman–Crippen LogP) is 3.11. The highest BCUT2D eigenvalue weighted by molar-refractivity contribution is 5.95. The Bertz CT molecular complexity index is 488. The smallest absolute Gasteiger partial charge is 0.241 e. The molecule has 1 heterocycles. The Labute approximate surface area is 127 Å². The number of carbonyl (C=O) groups excluding carboxylic acids is 1. The van der Waals surface area contributed by atoms with E-state index in [1.54, 1.807) is 0 Å². The van der Waals surface area contributed by atoms with Crippen molar-refractivity contribution in [1.82, 2.24) is 5.32 Å². The summed E-state index contributed by atoms with van der Waals surface area (Å²) < 4.78 is 5.47. The number of hydrogen-bond acceptors (Lipinski definition) is 3. The average Bonchev–Trinajstić information content (AvgIpc) is 2.50. The highest BCUT2D eigenvalue weighted by Crippen LogP contribution is 2.23. The van der Waals surface area contributed by atoms with E-state index < -0.39 is 0 Å². The SMILES string of the molecule is CCOc1ccc(NC(=O)C2CC(CC)CCN2)c(C)c1. The lowest BCUT2D eigenvalue weighted by Gasteiger charge is -2.29. The molecule has 1 saturated heterocycles. The molecular formula is C17H26N2O2. The molecule has 21 heavy (non-hydrogen) atoms. The molecule has 0 saturated carbocycles. The third kappa shape index (κ3) is 4.21. The second-order valence-electron chi connectivity index (χ2n) is 5.70. The quantitative estimate of drug-likeness (QED) is 0.876. The van der Waals surface area contributed by atoms with Crippen molar-refractivity contribution in [3.05, 3.63) is 23.8 Å². The summed E-state index contributed by atoms with van der Waals surface area (Å²) in [5, 5.41) is 6.35.